The standard InChI is InChI=1S/C9H22N2/c1-6-9(10(4)5)11(7-2)8-3/h9H,6-8H2,1-5H3. The van der Waals surface area contributed by atoms with Crippen molar-refractivity contribution >= 4 is 0 Å². The number of hydrogen-bond donors (Lipinski definition) is 0. The van der Waals surface area contributed by atoms with Gasteiger partial charge in [-0.05, 0) is 33.6 Å². The van der Waals surface area contributed by atoms with Crippen LogP contribution in [0.25, 0.3) is 0 Å². The molecule has 0 rings (SSSR count). The Labute approximate surface area is 71.2 Å². The van der Waals surface area contributed by atoms with Crippen LogP contribution in [0, 0.1) is 0 Å². The Morgan fingerprint density at radius 3 is 1.55 bits per heavy atom. The highest BCUT2D eigenvalue weighted by Gasteiger charge is 2.14. The molecule has 1 atom stereocenters. The van der Waals surface area contributed by atoms with Crippen LogP contribution < -0.4 is 0 Å². The van der Waals surface area contributed by atoms with E-state index < -0.39 is 0 Å². The average Bonchev–Trinajstić information content (AvgIpc) is 1.99. The van der Waals surface area contributed by atoms with Crippen molar-refractivity contribution in [3.63, 3.8) is 0 Å². The Morgan fingerprint density at radius 2 is 1.45 bits per heavy atom. The summed E-state index contributed by atoms with van der Waals surface area (Å²) in [7, 11) is 4.29. The van der Waals surface area contributed by atoms with Gasteiger partial charge in [-0.25, -0.2) is 0 Å². The highest BCUT2D eigenvalue weighted by Crippen LogP contribution is 2.05. The van der Waals surface area contributed by atoms with Crippen molar-refractivity contribution in [3.05, 3.63) is 0 Å². The molecule has 2 heteroatoms. The topological polar surface area (TPSA) is 6.48 Å². The maximum atomic E-state index is 2.47. The van der Waals surface area contributed by atoms with E-state index in [0.717, 1.165) is 13.1 Å². The Hall–Kier alpha value is -0.0800. The lowest BCUT2D eigenvalue weighted by molar-refractivity contribution is 0.0857. The van der Waals surface area contributed by atoms with Crippen molar-refractivity contribution in [2.45, 2.75) is 33.4 Å². The van der Waals surface area contributed by atoms with Gasteiger partial charge in [0, 0.05) is 0 Å². The second kappa shape index (κ2) is 5.56. The first kappa shape index (κ1) is 10.9. The van der Waals surface area contributed by atoms with Gasteiger partial charge in [-0.15, -0.1) is 0 Å². The molecule has 0 saturated carbocycles. The predicted octanol–water partition coefficient (Wildman–Crippen LogP) is 1.63. The van der Waals surface area contributed by atoms with Gasteiger partial charge in [0.15, 0.2) is 0 Å². The van der Waals surface area contributed by atoms with Crippen LogP contribution in [0.15, 0.2) is 0 Å². The van der Waals surface area contributed by atoms with Crippen molar-refractivity contribution in [1.29, 1.82) is 0 Å². The SMILES string of the molecule is CCC(N(C)C)N(CC)CC. The molecule has 0 spiro atoms. The molecule has 2 nitrogen and oxygen atoms in total. The van der Waals surface area contributed by atoms with Crippen LogP contribution in [0.4, 0.5) is 0 Å². The highest BCUT2D eigenvalue weighted by molar-refractivity contribution is 4.64. The molecule has 0 aromatic heterocycles. The van der Waals surface area contributed by atoms with Crippen LogP contribution in [0.2, 0.25) is 0 Å². The maximum Gasteiger partial charge on any atom is 0.0614 e. The van der Waals surface area contributed by atoms with E-state index in [0.29, 0.717) is 6.17 Å². The molecule has 0 aromatic carbocycles. The lowest BCUT2D eigenvalue weighted by atomic mass is 10.3. The van der Waals surface area contributed by atoms with Gasteiger partial charge in [0.25, 0.3) is 0 Å². The zero-order chi connectivity index (χ0) is 8.85. The van der Waals surface area contributed by atoms with Crippen molar-refractivity contribution < 1.29 is 0 Å². The molecule has 68 valence electrons. The van der Waals surface area contributed by atoms with E-state index in [-0.39, 0.29) is 0 Å². The molecule has 0 aliphatic rings. The van der Waals surface area contributed by atoms with Gasteiger partial charge in [0.2, 0.25) is 0 Å². The average molecular weight is 158 g/mol. The minimum absolute atomic E-state index is 0.616. The summed E-state index contributed by atoms with van der Waals surface area (Å²) in [5.74, 6) is 0. The van der Waals surface area contributed by atoms with Crippen LogP contribution in [0.3, 0.4) is 0 Å². The van der Waals surface area contributed by atoms with E-state index in [4.69, 9.17) is 0 Å². The van der Waals surface area contributed by atoms with Gasteiger partial charge in [-0.1, -0.05) is 20.8 Å². The molecule has 0 fully saturated rings. The summed E-state index contributed by atoms with van der Waals surface area (Å²) < 4.78 is 0. The fourth-order valence-electron chi connectivity index (χ4n) is 1.60. The number of rotatable bonds is 5. The summed E-state index contributed by atoms with van der Waals surface area (Å²) >= 11 is 0. The van der Waals surface area contributed by atoms with E-state index >= 15 is 0 Å². The monoisotopic (exact) mass is 158 g/mol. The summed E-state index contributed by atoms with van der Waals surface area (Å²) in [4.78, 5) is 4.76. The molecule has 11 heavy (non-hydrogen) atoms. The summed E-state index contributed by atoms with van der Waals surface area (Å²) in [5, 5.41) is 0. The molecule has 0 N–H and O–H groups in total. The molecule has 0 radical (unpaired) electrons. The van der Waals surface area contributed by atoms with Gasteiger partial charge >= 0.3 is 0 Å². The Balaban J connectivity index is 3.98. The molecule has 0 aliphatic heterocycles. The summed E-state index contributed by atoms with van der Waals surface area (Å²) in [6.07, 6.45) is 1.82. The molecule has 0 aliphatic carbocycles. The van der Waals surface area contributed by atoms with Gasteiger partial charge in [0.05, 0.1) is 6.17 Å². The normalized spacial score (nSPS) is 14.5. The van der Waals surface area contributed by atoms with Crippen molar-refractivity contribution in [1.82, 2.24) is 9.80 Å². The summed E-state index contributed by atoms with van der Waals surface area (Å²) in [5.41, 5.74) is 0. The predicted molar refractivity (Wildman–Crippen MR) is 50.7 cm³/mol. The molecule has 0 heterocycles. The van der Waals surface area contributed by atoms with E-state index in [1.807, 2.05) is 0 Å². The van der Waals surface area contributed by atoms with Gasteiger partial charge in [-0.2, -0.15) is 0 Å². The van der Waals surface area contributed by atoms with E-state index in [1.54, 1.807) is 0 Å². The first-order valence-corrected chi connectivity index (χ1v) is 4.57. The Kier molecular flexibility index (Phi) is 5.51. The largest absolute Gasteiger partial charge is 0.294 e. The fourth-order valence-corrected chi connectivity index (χ4v) is 1.60. The van der Waals surface area contributed by atoms with Crippen LogP contribution in [0.1, 0.15) is 27.2 Å². The Bertz CT molecular complexity index is 87.6. The van der Waals surface area contributed by atoms with Crippen LogP contribution in [-0.4, -0.2) is 43.2 Å². The van der Waals surface area contributed by atoms with E-state index in [2.05, 4.69) is 44.7 Å². The molecular formula is C9H22N2. The lowest BCUT2D eigenvalue weighted by Crippen LogP contribution is -2.44. The highest BCUT2D eigenvalue weighted by atomic mass is 15.3. The third kappa shape index (κ3) is 3.21. The molecule has 0 amide bonds. The zero-order valence-corrected chi connectivity index (χ0v) is 8.59. The molecule has 0 saturated heterocycles. The zero-order valence-electron chi connectivity index (χ0n) is 8.59. The number of nitrogens with zero attached hydrogens (tertiary/aromatic N) is 2. The molecule has 1 unspecified atom stereocenters. The Morgan fingerprint density at radius 1 is 1.00 bits per heavy atom. The minimum atomic E-state index is 0.616. The van der Waals surface area contributed by atoms with E-state index in [1.165, 1.54) is 6.42 Å². The first-order chi connectivity index (χ1) is 5.17. The molecule has 0 bridgehead atoms. The first-order valence-electron chi connectivity index (χ1n) is 4.57. The van der Waals surface area contributed by atoms with Crippen LogP contribution in [0.5, 0.6) is 0 Å². The maximum absolute atomic E-state index is 2.47. The third-order valence-corrected chi connectivity index (χ3v) is 2.20. The van der Waals surface area contributed by atoms with Gasteiger partial charge < -0.3 is 0 Å². The van der Waals surface area contributed by atoms with Crippen LogP contribution >= 0.6 is 0 Å². The third-order valence-electron chi connectivity index (χ3n) is 2.20. The number of hydrogen-bond acceptors (Lipinski definition) is 2. The molecule has 0 aromatic rings. The quantitative estimate of drug-likeness (QED) is 0.561. The lowest BCUT2D eigenvalue weighted by Gasteiger charge is -2.33. The smallest absolute Gasteiger partial charge is 0.0614 e. The minimum Gasteiger partial charge on any atom is -0.294 e. The second-order valence-corrected chi connectivity index (χ2v) is 3.07. The van der Waals surface area contributed by atoms with Crippen LogP contribution in [-0.2, 0) is 0 Å². The second-order valence-electron chi connectivity index (χ2n) is 3.07. The summed E-state index contributed by atoms with van der Waals surface area (Å²) in [6.45, 7) is 8.97. The van der Waals surface area contributed by atoms with Gasteiger partial charge in [0.1, 0.15) is 0 Å². The van der Waals surface area contributed by atoms with Crippen molar-refractivity contribution in [3.8, 4) is 0 Å². The molecular weight excluding hydrogens is 136 g/mol. The van der Waals surface area contributed by atoms with Gasteiger partial charge in [-0.3, -0.25) is 9.80 Å². The summed E-state index contributed by atoms with van der Waals surface area (Å²) in [6, 6.07) is 0. The van der Waals surface area contributed by atoms with Crippen molar-refractivity contribution in [2.75, 3.05) is 27.2 Å². The van der Waals surface area contributed by atoms with Crippen molar-refractivity contribution in [2.24, 2.45) is 0 Å². The van der Waals surface area contributed by atoms with E-state index in [9.17, 15) is 0 Å². The fraction of sp³-hybridized carbons (Fsp3) is 1.00.